The first-order chi connectivity index (χ1) is 16.2. The average molecular weight is 467 g/mol. The lowest BCUT2D eigenvalue weighted by atomic mass is 10.1. The molecule has 2 aromatic rings. The number of carbonyl (C=O) groups is 2. The summed E-state index contributed by atoms with van der Waals surface area (Å²) in [6, 6.07) is 17.5. The van der Waals surface area contributed by atoms with Crippen molar-refractivity contribution in [3.63, 3.8) is 0 Å². The third-order valence-electron chi connectivity index (χ3n) is 5.85. The highest BCUT2D eigenvalue weighted by molar-refractivity contribution is 5.94. The highest BCUT2D eigenvalue weighted by atomic mass is 16.6. The van der Waals surface area contributed by atoms with Crippen LogP contribution in [0.4, 0.5) is 16.2 Å². The second kappa shape index (κ2) is 11.9. The molecule has 0 aliphatic carbocycles. The number of rotatable bonds is 8. The summed E-state index contributed by atoms with van der Waals surface area (Å²) in [7, 11) is 0. The maximum Gasteiger partial charge on any atom is 0.326 e. The first kappa shape index (κ1) is 25.6. The van der Waals surface area contributed by atoms with Crippen LogP contribution in [0.25, 0.3) is 0 Å². The van der Waals surface area contributed by atoms with Gasteiger partial charge >= 0.3 is 12.0 Å². The Morgan fingerprint density at radius 2 is 1.62 bits per heavy atom. The quantitative estimate of drug-likeness (QED) is 0.590. The van der Waals surface area contributed by atoms with Crippen molar-refractivity contribution in [2.45, 2.75) is 39.7 Å². The Bertz CT molecular complexity index is 934. The fourth-order valence-electron chi connectivity index (χ4n) is 4.05. The third kappa shape index (κ3) is 7.76. The Balaban J connectivity index is 1.72. The summed E-state index contributed by atoms with van der Waals surface area (Å²) in [4.78, 5) is 32.2. The fraction of sp³-hybridized carbons (Fsp3) is 0.481. The van der Waals surface area contributed by atoms with Gasteiger partial charge in [-0.3, -0.25) is 4.79 Å². The Morgan fingerprint density at radius 1 is 0.971 bits per heavy atom. The number of esters is 1. The molecule has 1 aliphatic rings. The van der Waals surface area contributed by atoms with Gasteiger partial charge in [0.05, 0.1) is 11.4 Å². The second-order valence-electron chi connectivity index (χ2n) is 9.61. The summed E-state index contributed by atoms with van der Waals surface area (Å²) < 4.78 is 5.49. The molecule has 3 rings (SSSR count). The lowest BCUT2D eigenvalue weighted by Crippen LogP contribution is -2.46. The van der Waals surface area contributed by atoms with E-state index in [1.54, 1.807) is 0 Å². The fourth-order valence-corrected chi connectivity index (χ4v) is 4.05. The van der Waals surface area contributed by atoms with Crippen molar-refractivity contribution in [2.75, 3.05) is 56.0 Å². The first-order valence-corrected chi connectivity index (χ1v) is 12.1. The molecule has 34 heavy (non-hydrogen) atoms. The van der Waals surface area contributed by atoms with Crippen molar-refractivity contribution < 1.29 is 14.3 Å². The van der Waals surface area contributed by atoms with Crippen LogP contribution in [0, 0.1) is 0 Å². The zero-order chi connectivity index (χ0) is 24.6. The molecule has 0 saturated carbocycles. The van der Waals surface area contributed by atoms with Gasteiger partial charge in [-0.15, -0.1) is 0 Å². The summed E-state index contributed by atoms with van der Waals surface area (Å²) in [6.07, 6.45) is 0.650. The summed E-state index contributed by atoms with van der Waals surface area (Å²) in [6.45, 7) is 12.8. The number of likely N-dealkylation sites (N-methyl/N-ethyl adjacent to an activating group) is 1. The molecule has 2 amide bonds. The average Bonchev–Trinajstić information content (AvgIpc) is 2.81. The van der Waals surface area contributed by atoms with Crippen LogP contribution in [0.2, 0.25) is 0 Å². The Kier molecular flexibility index (Phi) is 8.93. The maximum absolute atomic E-state index is 13.3. The number of benzene rings is 2. The van der Waals surface area contributed by atoms with Gasteiger partial charge in [-0.05, 0) is 51.4 Å². The number of piperazine rings is 1. The Hall–Kier alpha value is -3.06. The van der Waals surface area contributed by atoms with E-state index in [1.165, 1.54) is 4.90 Å². The molecule has 0 aromatic heterocycles. The molecule has 0 atom stereocenters. The zero-order valence-corrected chi connectivity index (χ0v) is 20.9. The summed E-state index contributed by atoms with van der Waals surface area (Å²) in [5.74, 6) is -0.417. The van der Waals surface area contributed by atoms with E-state index in [0.717, 1.165) is 49.7 Å². The molecule has 0 spiro atoms. The van der Waals surface area contributed by atoms with Gasteiger partial charge in [0.2, 0.25) is 0 Å². The van der Waals surface area contributed by atoms with Gasteiger partial charge in [-0.25, -0.2) is 4.79 Å². The van der Waals surface area contributed by atoms with Crippen molar-refractivity contribution in [3.05, 3.63) is 60.2 Å². The van der Waals surface area contributed by atoms with E-state index in [1.807, 2.05) is 75.4 Å². The SMILES string of the molecule is CCN1CCN(c2ccccc2NC(=O)N(CCc2ccccc2)CC(=O)OC(C)(C)C)CC1. The topological polar surface area (TPSA) is 65.1 Å². The highest BCUT2D eigenvalue weighted by Gasteiger charge is 2.24. The zero-order valence-electron chi connectivity index (χ0n) is 20.9. The second-order valence-corrected chi connectivity index (χ2v) is 9.61. The number of urea groups is 1. The van der Waals surface area contributed by atoms with Crippen LogP contribution < -0.4 is 10.2 Å². The molecule has 1 heterocycles. The molecule has 7 nitrogen and oxygen atoms in total. The number of para-hydroxylation sites is 2. The van der Waals surface area contributed by atoms with Crippen LogP contribution in [-0.2, 0) is 16.0 Å². The predicted molar refractivity (Wildman–Crippen MR) is 137 cm³/mol. The minimum atomic E-state index is -0.605. The van der Waals surface area contributed by atoms with E-state index in [0.29, 0.717) is 13.0 Å². The lowest BCUT2D eigenvalue weighted by Gasteiger charge is -2.36. The van der Waals surface area contributed by atoms with Gasteiger partial charge < -0.3 is 24.8 Å². The molecule has 1 aliphatic heterocycles. The number of ether oxygens (including phenoxy) is 1. The minimum absolute atomic E-state index is 0.104. The van der Waals surface area contributed by atoms with Gasteiger partial charge in [0.1, 0.15) is 12.1 Å². The van der Waals surface area contributed by atoms with E-state index in [9.17, 15) is 9.59 Å². The van der Waals surface area contributed by atoms with E-state index < -0.39 is 11.6 Å². The van der Waals surface area contributed by atoms with Crippen LogP contribution in [-0.4, -0.2) is 73.2 Å². The van der Waals surface area contributed by atoms with Crippen molar-refractivity contribution in [1.82, 2.24) is 9.80 Å². The molecule has 1 fully saturated rings. The van der Waals surface area contributed by atoms with Crippen LogP contribution >= 0.6 is 0 Å². The van der Waals surface area contributed by atoms with Crippen LogP contribution in [0.3, 0.4) is 0 Å². The van der Waals surface area contributed by atoms with Gasteiger partial charge in [-0.2, -0.15) is 0 Å². The first-order valence-electron chi connectivity index (χ1n) is 12.1. The minimum Gasteiger partial charge on any atom is -0.459 e. The van der Waals surface area contributed by atoms with Crippen molar-refractivity contribution in [2.24, 2.45) is 0 Å². The van der Waals surface area contributed by atoms with E-state index in [-0.39, 0.29) is 12.6 Å². The molecule has 0 unspecified atom stereocenters. The van der Waals surface area contributed by atoms with E-state index >= 15 is 0 Å². The van der Waals surface area contributed by atoms with Crippen LogP contribution in [0.15, 0.2) is 54.6 Å². The Labute approximate surface area is 203 Å². The van der Waals surface area contributed by atoms with Gasteiger partial charge in [0, 0.05) is 32.7 Å². The maximum atomic E-state index is 13.3. The molecule has 2 aromatic carbocycles. The molecule has 184 valence electrons. The van der Waals surface area contributed by atoms with Crippen molar-refractivity contribution >= 4 is 23.4 Å². The third-order valence-corrected chi connectivity index (χ3v) is 5.85. The van der Waals surface area contributed by atoms with Crippen molar-refractivity contribution in [3.8, 4) is 0 Å². The van der Waals surface area contributed by atoms with E-state index in [2.05, 4.69) is 22.0 Å². The summed E-state index contributed by atoms with van der Waals surface area (Å²) in [5, 5.41) is 3.06. The summed E-state index contributed by atoms with van der Waals surface area (Å²) in [5.41, 5.74) is 2.27. The molecular formula is C27H38N4O3. The van der Waals surface area contributed by atoms with Crippen LogP contribution in [0.1, 0.15) is 33.3 Å². The lowest BCUT2D eigenvalue weighted by molar-refractivity contribution is -0.155. The molecule has 0 radical (unpaired) electrons. The van der Waals surface area contributed by atoms with Crippen LogP contribution in [0.5, 0.6) is 0 Å². The normalized spacial score (nSPS) is 14.5. The molecule has 1 N–H and O–H groups in total. The number of nitrogens with one attached hydrogen (secondary N) is 1. The van der Waals surface area contributed by atoms with Gasteiger partial charge in [-0.1, -0.05) is 49.4 Å². The standard InChI is InChI=1S/C27H38N4O3/c1-5-29-17-19-30(20-18-29)24-14-10-9-13-23(24)28-26(33)31(21-25(32)34-27(2,3)4)16-15-22-11-7-6-8-12-22/h6-14H,5,15-21H2,1-4H3,(H,28,33). The highest BCUT2D eigenvalue weighted by Crippen LogP contribution is 2.27. The molecule has 1 saturated heterocycles. The summed E-state index contributed by atoms with van der Waals surface area (Å²) >= 11 is 0. The Morgan fingerprint density at radius 3 is 2.26 bits per heavy atom. The number of anilines is 2. The van der Waals surface area contributed by atoms with Crippen molar-refractivity contribution in [1.29, 1.82) is 0 Å². The number of amides is 2. The number of hydrogen-bond acceptors (Lipinski definition) is 5. The van der Waals surface area contributed by atoms with Gasteiger partial charge in [0.25, 0.3) is 0 Å². The molecule has 0 bridgehead atoms. The smallest absolute Gasteiger partial charge is 0.326 e. The van der Waals surface area contributed by atoms with E-state index in [4.69, 9.17) is 4.74 Å². The number of carbonyl (C=O) groups excluding carboxylic acids is 2. The molecular weight excluding hydrogens is 428 g/mol. The number of nitrogens with zero attached hydrogens (tertiary/aromatic N) is 3. The predicted octanol–water partition coefficient (Wildman–Crippen LogP) is 4.25. The monoisotopic (exact) mass is 466 g/mol. The number of hydrogen-bond donors (Lipinski definition) is 1. The largest absolute Gasteiger partial charge is 0.459 e. The van der Waals surface area contributed by atoms with Gasteiger partial charge in [0.15, 0.2) is 0 Å². The molecule has 7 heteroatoms.